The maximum absolute atomic E-state index is 15.0. The Bertz CT molecular complexity index is 1340. The maximum atomic E-state index is 15.0. The number of aryl methyl sites for hydroxylation is 1. The van der Waals surface area contributed by atoms with Gasteiger partial charge in [0.05, 0.1) is 19.6 Å². The molecule has 1 N–H and O–H groups in total. The zero-order valence-corrected chi connectivity index (χ0v) is 23.8. The summed E-state index contributed by atoms with van der Waals surface area (Å²) in [5.41, 5.74) is 4.69. The molecule has 0 heterocycles. The van der Waals surface area contributed by atoms with Crippen LogP contribution in [0.4, 0.5) is 4.39 Å². The molecular formula is C33H39FO5. The standard InChI is InChI=1S/C33H39FO5/c1-7-33(19-30(35)36)15-14-22-9-10-24(18-28(22)33)39-20-21-8-12-25(26-17-23(37-5)11-13-29(26)34)27(16-21)31(38-6)32(2,3)4/h8-13,16-18,31H,7,14-15,19-20H2,1-6H3,(H,35,36)/t31-,33+/m0/s1. The lowest BCUT2D eigenvalue weighted by Crippen LogP contribution is -2.25. The van der Waals surface area contributed by atoms with Crippen molar-refractivity contribution in [3.05, 3.63) is 82.7 Å². The summed E-state index contributed by atoms with van der Waals surface area (Å²) >= 11 is 0. The summed E-state index contributed by atoms with van der Waals surface area (Å²) in [5, 5.41) is 9.54. The molecule has 0 aromatic heterocycles. The van der Waals surface area contributed by atoms with Gasteiger partial charge >= 0.3 is 5.97 Å². The van der Waals surface area contributed by atoms with Crippen molar-refractivity contribution in [2.75, 3.05) is 14.2 Å². The highest BCUT2D eigenvalue weighted by Crippen LogP contribution is 2.46. The van der Waals surface area contributed by atoms with Crippen molar-refractivity contribution >= 4 is 5.97 Å². The summed E-state index contributed by atoms with van der Waals surface area (Å²) < 4.78 is 32.6. The van der Waals surface area contributed by atoms with E-state index in [0.29, 0.717) is 23.7 Å². The topological polar surface area (TPSA) is 65.0 Å². The van der Waals surface area contributed by atoms with Crippen LogP contribution in [0.15, 0.2) is 54.6 Å². The van der Waals surface area contributed by atoms with E-state index in [4.69, 9.17) is 14.2 Å². The molecule has 39 heavy (non-hydrogen) atoms. The third-order valence-electron chi connectivity index (χ3n) is 7.98. The Hall–Kier alpha value is -3.38. The zero-order chi connectivity index (χ0) is 28.4. The summed E-state index contributed by atoms with van der Waals surface area (Å²) in [4.78, 5) is 11.6. The molecule has 6 heteroatoms. The third kappa shape index (κ3) is 5.96. The Labute approximate surface area is 230 Å². The van der Waals surface area contributed by atoms with Crippen molar-refractivity contribution in [2.45, 2.75) is 71.5 Å². The predicted octanol–water partition coefficient (Wildman–Crippen LogP) is 7.88. The fraction of sp³-hybridized carbons (Fsp3) is 0.424. The molecule has 0 radical (unpaired) electrons. The van der Waals surface area contributed by atoms with Gasteiger partial charge in [0, 0.05) is 18.1 Å². The highest BCUT2D eigenvalue weighted by molar-refractivity contribution is 5.71. The van der Waals surface area contributed by atoms with Crippen LogP contribution in [0.3, 0.4) is 0 Å². The number of rotatable bonds is 10. The van der Waals surface area contributed by atoms with E-state index >= 15 is 4.39 Å². The van der Waals surface area contributed by atoms with Gasteiger partial charge in [-0.15, -0.1) is 0 Å². The summed E-state index contributed by atoms with van der Waals surface area (Å²) in [5.74, 6) is 0.186. The Morgan fingerprint density at radius 1 is 1.03 bits per heavy atom. The Morgan fingerprint density at radius 2 is 1.77 bits per heavy atom. The summed E-state index contributed by atoms with van der Waals surface area (Å²) in [6.45, 7) is 8.65. The van der Waals surface area contributed by atoms with Crippen LogP contribution in [0.5, 0.6) is 11.5 Å². The monoisotopic (exact) mass is 534 g/mol. The molecule has 0 bridgehead atoms. The first-order valence-electron chi connectivity index (χ1n) is 13.5. The van der Waals surface area contributed by atoms with Crippen LogP contribution in [0.1, 0.15) is 75.3 Å². The van der Waals surface area contributed by atoms with Crippen LogP contribution in [0.2, 0.25) is 0 Å². The second-order valence-electron chi connectivity index (χ2n) is 11.6. The molecule has 0 spiro atoms. The number of hydrogen-bond donors (Lipinski definition) is 1. The number of aliphatic carboxylic acids is 1. The SMILES string of the molecule is CC[C@]1(CC(=O)O)CCc2ccc(OCc3ccc(-c4cc(OC)ccc4F)c([C@H](OC)C(C)(C)C)c3)cc21. The number of halogens is 1. The molecule has 5 nitrogen and oxygen atoms in total. The Morgan fingerprint density at radius 3 is 2.41 bits per heavy atom. The van der Waals surface area contributed by atoms with Crippen LogP contribution >= 0.6 is 0 Å². The Kier molecular flexibility index (Phi) is 8.36. The fourth-order valence-corrected chi connectivity index (χ4v) is 5.95. The minimum atomic E-state index is -0.775. The average molecular weight is 535 g/mol. The number of fused-ring (bicyclic) bond motifs is 1. The summed E-state index contributed by atoms with van der Waals surface area (Å²) in [6.07, 6.45) is 2.32. The number of ether oxygens (including phenoxy) is 3. The van der Waals surface area contributed by atoms with Gasteiger partial charge in [0.2, 0.25) is 0 Å². The van der Waals surface area contributed by atoms with E-state index in [1.165, 1.54) is 11.6 Å². The first kappa shape index (κ1) is 28.6. The van der Waals surface area contributed by atoms with Gasteiger partial charge in [-0.3, -0.25) is 4.79 Å². The number of hydrogen-bond acceptors (Lipinski definition) is 4. The van der Waals surface area contributed by atoms with Crippen LogP contribution in [0.25, 0.3) is 11.1 Å². The number of carboxylic acids is 1. The highest BCUT2D eigenvalue weighted by Gasteiger charge is 2.39. The van der Waals surface area contributed by atoms with Crippen LogP contribution in [-0.2, 0) is 28.0 Å². The molecule has 1 aliphatic rings. The van der Waals surface area contributed by atoms with Crippen molar-refractivity contribution in [2.24, 2.45) is 5.41 Å². The van der Waals surface area contributed by atoms with Gasteiger partial charge in [0.25, 0.3) is 0 Å². The molecule has 0 aliphatic heterocycles. The van der Waals surface area contributed by atoms with Gasteiger partial charge in [-0.1, -0.05) is 45.9 Å². The molecule has 0 amide bonds. The Balaban J connectivity index is 1.68. The van der Waals surface area contributed by atoms with Crippen LogP contribution in [0, 0.1) is 11.2 Å². The van der Waals surface area contributed by atoms with Gasteiger partial charge < -0.3 is 19.3 Å². The molecular weight excluding hydrogens is 495 g/mol. The van der Waals surface area contributed by atoms with Gasteiger partial charge in [0.1, 0.15) is 23.9 Å². The highest BCUT2D eigenvalue weighted by atomic mass is 19.1. The van der Waals surface area contributed by atoms with E-state index in [9.17, 15) is 9.90 Å². The fourth-order valence-electron chi connectivity index (χ4n) is 5.95. The van der Waals surface area contributed by atoms with E-state index in [-0.39, 0.29) is 29.2 Å². The average Bonchev–Trinajstić information content (AvgIpc) is 3.25. The maximum Gasteiger partial charge on any atom is 0.304 e. The normalized spacial score (nSPS) is 17.5. The molecule has 3 aromatic rings. The van der Waals surface area contributed by atoms with E-state index in [0.717, 1.165) is 41.5 Å². The van der Waals surface area contributed by atoms with Crippen molar-refractivity contribution < 1.29 is 28.5 Å². The van der Waals surface area contributed by atoms with E-state index in [2.05, 4.69) is 33.8 Å². The number of carboxylic acid groups (broad SMARTS) is 1. The van der Waals surface area contributed by atoms with Crippen molar-refractivity contribution in [3.63, 3.8) is 0 Å². The third-order valence-corrected chi connectivity index (χ3v) is 7.98. The molecule has 0 saturated carbocycles. The molecule has 2 atom stereocenters. The van der Waals surface area contributed by atoms with E-state index in [1.807, 2.05) is 30.3 Å². The number of benzene rings is 3. The van der Waals surface area contributed by atoms with Gasteiger partial charge in [-0.05, 0) is 88.9 Å². The molecule has 3 aromatic carbocycles. The minimum Gasteiger partial charge on any atom is -0.497 e. The molecule has 0 unspecified atom stereocenters. The lowest BCUT2D eigenvalue weighted by Gasteiger charge is -2.32. The number of carbonyl (C=O) groups is 1. The van der Waals surface area contributed by atoms with Crippen molar-refractivity contribution in [3.8, 4) is 22.6 Å². The van der Waals surface area contributed by atoms with Crippen molar-refractivity contribution in [1.82, 2.24) is 0 Å². The van der Waals surface area contributed by atoms with Crippen molar-refractivity contribution in [1.29, 1.82) is 0 Å². The first-order chi connectivity index (χ1) is 18.5. The summed E-state index contributed by atoms with van der Waals surface area (Å²) in [7, 11) is 3.24. The van der Waals surface area contributed by atoms with Gasteiger partial charge in [-0.25, -0.2) is 4.39 Å². The molecule has 0 fully saturated rings. The zero-order valence-electron chi connectivity index (χ0n) is 23.8. The molecule has 4 rings (SSSR count). The second kappa shape index (κ2) is 11.4. The predicted molar refractivity (Wildman–Crippen MR) is 151 cm³/mol. The minimum absolute atomic E-state index is 0.122. The largest absolute Gasteiger partial charge is 0.497 e. The quantitative estimate of drug-likeness (QED) is 0.287. The van der Waals surface area contributed by atoms with E-state index in [1.54, 1.807) is 26.4 Å². The molecule has 208 valence electrons. The first-order valence-corrected chi connectivity index (χ1v) is 13.5. The molecule has 0 saturated heterocycles. The lowest BCUT2D eigenvalue weighted by molar-refractivity contribution is -0.138. The molecule has 1 aliphatic carbocycles. The lowest BCUT2D eigenvalue weighted by atomic mass is 9.76. The number of methoxy groups -OCH3 is 2. The second-order valence-corrected chi connectivity index (χ2v) is 11.6. The van der Waals surface area contributed by atoms with Gasteiger partial charge in [-0.2, -0.15) is 0 Å². The van der Waals surface area contributed by atoms with E-state index < -0.39 is 5.97 Å². The van der Waals surface area contributed by atoms with Crippen LogP contribution in [-0.4, -0.2) is 25.3 Å². The van der Waals surface area contributed by atoms with Crippen LogP contribution < -0.4 is 9.47 Å². The van der Waals surface area contributed by atoms with Gasteiger partial charge in [0.15, 0.2) is 0 Å². The summed E-state index contributed by atoms with van der Waals surface area (Å²) in [6, 6.07) is 16.7. The smallest absolute Gasteiger partial charge is 0.304 e.